The van der Waals surface area contributed by atoms with Crippen LogP contribution < -0.4 is 4.74 Å². The molecule has 0 aliphatic rings. The highest BCUT2D eigenvalue weighted by Crippen LogP contribution is 2.34. The van der Waals surface area contributed by atoms with Crippen LogP contribution in [0.25, 0.3) is 22.2 Å². The predicted octanol–water partition coefficient (Wildman–Crippen LogP) is 4.20. The van der Waals surface area contributed by atoms with Crippen molar-refractivity contribution in [1.82, 2.24) is 4.98 Å². The molecule has 0 saturated heterocycles. The topological polar surface area (TPSA) is 42.4 Å². The lowest BCUT2D eigenvalue weighted by atomic mass is 10.0. The van der Waals surface area contributed by atoms with Crippen LogP contribution in [0.4, 0.5) is 8.78 Å². The number of aromatic hydroxyl groups is 1. The molecule has 2 aromatic carbocycles. The second-order valence-corrected chi connectivity index (χ2v) is 4.97. The van der Waals surface area contributed by atoms with Gasteiger partial charge in [-0.2, -0.15) is 0 Å². The Labute approximate surface area is 125 Å². The molecule has 0 unspecified atom stereocenters. The number of hydrogen-bond acceptors (Lipinski definition) is 3. The maximum atomic E-state index is 14.0. The molecule has 1 N–H and O–H groups in total. The fraction of sp³-hybridized carbons (Fsp3) is 0.118. The van der Waals surface area contributed by atoms with E-state index in [2.05, 4.69) is 4.98 Å². The number of fused-ring (bicyclic) bond motifs is 1. The highest BCUT2D eigenvalue weighted by molar-refractivity contribution is 5.86. The molecule has 0 saturated carbocycles. The number of hydrogen-bond donors (Lipinski definition) is 1. The third kappa shape index (κ3) is 2.24. The van der Waals surface area contributed by atoms with Gasteiger partial charge in [-0.25, -0.2) is 13.8 Å². The summed E-state index contributed by atoms with van der Waals surface area (Å²) in [4.78, 5) is 4.17. The van der Waals surface area contributed by atoms with Crippen molar-refractivity contribution < 1.29 is 18.6 Å². The predicted molar refractivity (Wildman–Crippen MR) is 80.0 cm³/mol. The number of methoxy groups -OCH3 is 1. The van der Waals surface area contributed by atoms with E-state index in [0.29, 0.717) is 22.4 Å². The lowest BCUT2D eigenvalue weighted by molar-refractivity contribution is 0.412. The van der Waals surface area contributed by atoms with Gasteiger partial charge in [0.15, 0.2) is 11.6 Å². The van der Waals surface area contributed by atoms with Crippen LogP contribution in [0.1, 0.15) is 5.56 Å². The summed E-state index contributed by atoms with van der Waals surface area (Å²) in [5.41, 5.74) is 1.43. The lowest BCUT2D eigenvalue weighted by Gasteiger charge is -2.10. The molecule has 112 valence electrons. The molecule has 22 heavy (non-hydrogen) atoms. The van der Waals surface area contributed by atoms with Gasteiger partial charge in [0, 0.05) is 10.9 Å². The van der Waals surface area contributed by atoms with Crippen LogP contribution in [0.3, 0.4) is 0 Å². The van der Waals surface area contributed by atoms with Crippen LogP contribution in [0, 0.1) is 18.6 Å². The molecular weight excluding hydrogens is 288 g/mol. The Balaban J connectivity index is 2.30. The molecule has 0 atom stereocenters. The molecule has 0 aliphatic carbocycles. The molecule has 3 aromatic rings. The fourth-order valence-electron chi connectivity index (χ4n) is 2.39. The first kappa shape index (κ1) is 14.3. The Kier molecular flexibility index (Phi) is 3.41. The summed E-state index contributed by atoms with van der Waals surface area (Å²) in [5.74, 6) is -1.42. The van der Waals surface area contributed by atoms with Gasteiger partial charge >= 0.3 is 0 Å². The van der Waals surface area contributed by atoms with Crippen LogP contribution in [0.5, 0.6) is 11.5 Å². The Bertz CT molecular complexity index is 878. The van der Waals surface area contributed by atoms with Crippen LogP contribution in [0.2, 0.25) is 0 Å². The summed E-state index contributed by atoms with van der Waals surface area (Å²) in [6, 6.07) is 8.96. The van der Waals surface area contributed by atoms with E-state index in [0.717, 1.165) is 11.6 Å². The second-order valence-electron chi connectivity index (χ2n) is 4.97. The number of halogens is 2. The van der Waals surface area contributed by atoms with Gasteiger partial charge in [0.1, 0.15) is 17.0 Å². The lowest BCUT2D eigenvalue weighted by Crippen LogP contribution is -1.95. The molecule has 1 heterocycles. The second kappa shape index (κ2) is 5.26. The van der Waals surface area contributed by atoms with E-state index in [1.54, 1.807) is 25.1 Å². The van der Waals surface area contributed by atoms with E-state index in [-0.39, 0.29) is 11.3 Å². The number of rotatable bonds is 2. The molecule has 0 bridgehead atoms. The molecule has 0 radical (unpaired) electrons. The number of aromatic nitrogens is 1. The largest absolute Gasteiger partial charge is 0.507 e. The first-order valence-corrected chi connectivity index (χ1v) is 6.64. The molecule has 3 nitrogen and oxygen atoms in total. The molecular formula is C17H13F2NO2. The maximum Gasteiger partial charge on any atom is 0.185 e. The number of pyridine rings is 1. The van der Waals surface area contributed by atoms with Gasteiger partial charge in [-0.1, -0.05) is 0 Å². The Hall–Kier alpha value is -2.69. The fourth-order valence-corrected chi connectivity index (χ4v) is 2.39. The Morgan fingerprint density at radius 2 is 1.86 bits per heavy atom. The normalized spacial score (nSPS) is 10.9. The minimum atomic E-state index is -0.996. The summed E-state index contributed by atoms with van der Waals surface area (Å²) in [5, 5.41) is 10.5. The highest BCUT2D eigenvalue weighted by Gasteiger charge is 2.14. The summed E-state index contributed by atoms with van der Waals surface area (Å²) in [6.07, 6.45) is 0. The minimum absolute atomic E-state index is 0.0103. The smallest absolute Gasteiger partial charge is 0.185 e. The number of phenolic OH excluding ortho intramolecular Hbond substituents is 1. The molecule has 3 rings (SSSR count). The maximum absolute atomic E-state index is 14.0. The number of phenols is 1. The van der Waals surface area contributed by atoms with Gasteiger partial charge in [0.05, 0.1) is 12.8 Å². The summed E-state index contributed by atoms with van der Waals surface area (Å²) in [7, 11) is 1.50. The number of ether oxygens (including phenoxy) is 1. The Morgan fingerprint density at radius 1 is 1.09 bits per heavy atom. The number of nitrogens with zero attached hydrogens (tertiary/aromatic N) is 1. The van der Waals surface area contributed by atoms with Crippen LogP contribution in [-0.2, 0) is 0 Å². The van der Waals surface area contributed by atoms with Gasteiger partial charge in [-0.3, -0.25) is 0 Å². The quantitative estimate of drug-likeness (QED) is 0.771. The van der Waals surface area contributed by atoms with E-state index in [4.69, 9.17) is 4.74 Å². The number of benzene rings is 2. The van der Waals surface area contributed by atoms with Gasteiger partial charge < -0.3 is 9.84 Å². The summed E-state index contributed by atoms with van der Waals surface area (Å²) < 4.78 is 32.5. The van der Waals surface area contributed by atoms with E-state index in [1.165, 1.54) is 19.2 Å². The third-order valence-electron chi connectivity index (χ3n) is 3.56. The van der Waals surface area contributed by atoms with Crippen molar-refractivity contribution in [3.05, 3.63) is 53.6 Å². The van der Waals surface area contributed by atoms with Crippen LogP contribution in [-0.4, -0.2) is 17.2 Å². The van der Waals surface area contributed by atoms with Crippen molar-refractivity contribution in [1.29, 1.82) is 0 Å². The molecule has 0 fully saturated rings. The number of aryl methyl sites for hydroxylation is 1. The standard InChI is InChI=1S/C17H13F2NO2/c1-9-7-14(12-8-10(22-2)3-6-15(12)21)20-17-11(9)4-5-13(18)16(17)19/h3-8,21H,1-2H3. The van der Waals surface area contributed by atoms with E-state index < -0.39 is 11.6 Å². The highest BCUT2D eigenvalue weighted by atomic mass is 19.2. The zero-order valence-corrected chi connectivity index (χ0v) is 12.0. The monoisotopic (exact) mass is 301 g/mol. The van der Waals surface area contributed by atoms with E-state index in [9.17, 15) is 13.9 Å². The molecule has 1 aromatic heterocycles. The van der Waals surface area contributed by atoms with Crippen molar-refractivity contribution in [2.75, 3.05) is 7.11 Å². The average molecular weight is 301 g/mol. The van der Waals surface area contributed by atoms with E-state index in [1.807, 2.05) is 0 Å². The average Bonchev–Trinajstić information content (AvgIpc) is 2.51. The van der Waals surface area contributed by atoms with E-state index >= 15 is 0 Å². The minimum Gasteiger partial charge on any atom is -0.507 e. The first-order chi connectivity index (χ1) is 10.5. The molecule has 0 spiro atoms. The van der Waals surface area contributed by atoms with Crippen molar-refractivity contribution in [3.8, 4) is 22.8 Å². The zero-order chi connectivity index (χ0) is 15.9. The van der Waals surface area contributed by atoms with Gasteiger partial charge in [0.2, 0.25) is 0 Å². The zero-order valence-electron chi connectivity index (χ0n) is 12.0. The van der Waals surface area contributed by atoms with Crippen molar-refractivity contribution >= 4 is 10.9 Å². The Morgan fingerprint density at radius 3 is 2.59 bits per heavy atom. The van der Waals surface area contributed by atoms with Crippen LogP contribution in [0.15, 0.2) is 36.4 Å². The van der Waals surface area contributed by atoms with Crippen molar-refractivity contribution in [3.63, 3.8) is 0 Å². The van der Waals surface area contributed by atoms with Gasteiger partial charge in [-0.15, -0.1) is 0 Å². The SMILES string of the molecule is COc1ccc(O)c(-c2cc(C)c3ccc(F)c(F)c3n2)c1. The molecule has 0 amide bonds. The van der Waals surface area contributed by atoms with Gasteiger partial charge in [0.25, 0.3) is 0 Å². The third-order valence-corrected chi connectivity index (χ3v) is 3.56. The molecule has 5 heteroatoms. The van der Waals surface area contributed by atoms with Crippen molar-refractivity contribution in [2.45, 2.75) is 6.92 Å². The molecule has 0 aliphatic heterocycles. The van der Waals surface area contributed by atoms with Gasteiger partial charge in [-0.05, 0) is 48.9 Å². The van der Waals surface area contributed by atoms with Crippen LogP contribution >= 0.6 is 0 Å². The summed E-state index contributed by atoms with van der Waals surface area (Å²) in [6.45, 7) is 1.78. The summed E-state index contributed by atoms with van der Waals surface area (Å²) >= 11 is 0. The van der Waals surface area contributed by atoms with Crippen molar-refractivity contribution in [2.24, 2.45) is 0 Å². The first-order valence-electron chi connectivity index (χ1n) is 6.64.